The number of aryl methyl sites for hydroxylation is 1. The summed E-state index contributed by atoms with van der Waals surface area (Å²) in [7, 11) is 1.59. The Morgan fingerprint density at radius 1 is 1.41 bits per heavy atom. The third-order valence-electron chi connectivity index (χ3n) is 1.96. The molecule has 0 spiro atoms. The lowest BCUT2D eigenvalue weighted by atomic mass is 10.4. The van der Waals surface area contributed by atoms with Gasteiger partial charge in [-0.2, -0.15) is 0 Å². The van der Waals surface area contributed by atoms with Gasteiger partial charge in [-0.15, -0.1) is 0 Å². The number of carbonyl (C=O) groups excluding carboxylic acids is 1. The molecule has 0 saturated carbocycles. The minimum Gasteiger partial charge on any atom is -0.460 e. The van der Waals surface area contributed by atoms with Gasteiger partial charge in [-0.1, -0.05) is 0 Å². The summed E-state index contributed by atoms with van der Waals surface area (Å²) in [5, 5.41) is 0. The monoisotopic (exact) mass is 243 g/mol. The van der Waals surface area contributed by atoms with Crippen LogP contribution in [0.3, 0.4) is 0 Å². The zero-order valence-corrected chi connectivity index (χ0v) is 10.3. The molecule has 1 heterocycles. The van der Waals surface area contributed by atoms with Crippen LogP contribution in [0.15, 0.2) is 4.42 Å². The number of hydrogen-bond acceptors (Lipinski definition) is 6. The van der Waals surface area contributed by atoms with Gasteiger partial charge in [0.1, 0.15) is 6.61 Å². The van der Waals surface area contributed by atoms with Gasteiger partial charge < -0.3 is 18.6 Å². The third kappa shape index (κ3) is 4.16. The van der Waals surface area contributed by atoms with E-state index in [1.54, 1.807) is 21.0 Å². The average molecular weight is 243 g/mol. The maximum atomic E-state index is 11.4. The molecule has 1 aromatic heterocycles. The molecule has 0 radical (unpaired) electrons. The molecule has 0 saturated heterocycles. The maximum Gasteiger partial charge on any atom is 0.376 e. The zero-order valence-electron chi connectivity index (χ0n) is 10.3. The van der Waals surface area contributed by atoms with Crippen LogP contribution in [-0.4, -0.2) is 37.9 Å². The molecule has 0 N–H and O–H groups in total. The van der Waals surface area contributed by atoms with E-state index in [1.165, 1.54) is 0 Å². The number of oxazole rings is 1. The highest BCUT2D eigenvalue weighted by atomic mass is 16.5. The van der Waals surface area contributed by atoms with Crippen molar-refractivity contribution in [3.63, 3.8) is 0 Å². The normalized spacial score (nSPS) is 10.5. The fraction of sp³-hybridized carbons (Fsp3) is 0.636. The first-order valence-corrected chi connectivity index (χ1v) is 5.39. The van der Waals surface area contributed by atoms with Crippen LogP contribution in [0, 0.1) is 6.92 Å². The predicted octanol–water partition coefficient (Wildman–Crippen LogP) is 1.32. The van der Waals surface area contributed by atoms with Crippen molar-refractivity contribution in [2.75, 3.05) is 26.9 Å². The summed E-state index contributed by atoms with van der Waals surface area (Å²) in [4.78, 5) is 15.5. The Morgan fingerprint density at radius 3 is 2.82 bits per heavy atom. The SMILES string of the molecule is CCOC(=O)c1oc(COCCOC)nc1C. The van der Waals surface area contributed by atoms with Crippen molar-refractivity contribution < 1.29 is 23.4 Å². The molecule has 0 aromatic carbocycles. The molecular formula is C11H17NO5. The van der Waals surface area contributed by atoms with E-state index in [0.717, 1.165) is 0 Å². The lowest BCUT2D eigenvalue weighted by Crippen LogP contribution is -2.04. The minimum absolute atomic E-state index is 0.136. The van der Waals surface area contributed by atoms with Crippen molar-refractivity contribution in [3.8, 4) is 0 Å². The standard InChI is InChI=1S/C11H17NO5/c1-4-16-11(13)10-8(2)12-9(17-10)7-15-6-5-14-3/h4-7H2,1-3H3. The Bertz CT molecular complexity index is 361. The number of nitrogens with zero attached hydrogens (tertiary/aromatic N) is 1. The van der Waals surface area contributed by atoms with Crippen LogP contribution < -0.4 is 0 Å². The van der Waals surface area contributed by atoms with E-state index in [9.17, 15) is 4.79 Å². The van der Waals surface area contributed by atoms with Crippen LogP contribution in [-0.2, 0) is 20.8 Å². The highest BCUT2D eigenvalue weighted by molar-refractivity contribution is 5.87. The van der Waals surface area contributed by atoms with E-state index in [4.69, 9.17) is 18.6 Å². The molecule has 6 nitrogen and oxygen atoms in total. The minimum atomic E-state index is -0.499. The van der Waals surface area contributed by atoms with E-state index in [1.807, 2.05) is 0 Å². The van der Waals surface area contributed by atoms with Crippen molar-refractivity contribution in [1.82, 2.24) is 4.98 Å². The molecule has 0 amide bonds. The van der Waals surface area contributed by atoms with Crippen LogP contribution in [0.5, 0.6) is 0 Å². The molecule has 0 aliphatic carbocycles. The summed E-state index contributed by atoms with van der Waals surface area (Å²) in [6.45, 7) is 4.89. The first-order chi connectivity index (χ1) is 8.19. The second-order valence-electron chi connectivity index (χ2n) is 3.29. The maximum absolute atomic E-state index is 11.4. The van der Waals surface area contributed by atoms with Crippen molar-refractivity contribution in [3.05, 3.63) is 17.3 Å². The van der Waals surface area contributed by atoms with Gasteiger partial charge in [0.05, 0.1) is 25.5 Å². The third-order valence-corrected chi connectivity index (χ3v) is 1.96. The molecular weight excluding hydrogens is 226 g/mol. The first kappa shape index (κ1) is 13.7. The molecule has 0 aliphatic rings. The zero-order chi connectivity index (χ0) is 12.7. The fourth-order valence-electron chi connectivity index (χ4n) is 1.20. The summed E-state index contributed by atoms with van der Waals surface area (Å²) >= 11 is 0. The molecule has 0 unspecified atom stereocenters. The number of esters is 1. The fourth-order valence-corrected chi connectivity index (χ4v) is 1.20. The summed E-state index contributed by atoms with van der Waals surface area (Å²) in [6.07, 6.45) is 0. The van der Waals surface area contributed by atoms with Gasteiger partial charge in [-0.3, -0.25) is 0 Å². The number of rotatable bonds is 7. The highest BCUT2D eigenvalue weighted by Crippen LogP contribution is 2.12. The van der Waals surface area contributed by atoms with Crippen LogP contribution >= 0.6 is 0 Å². The Morgan fingerprint density at radius 2 is 2.18 bits per heavy atom. The predicted molar refractivity (Wildman–Crippen MR) is 58.7 cm³/mol. The molecule has 1 rings (SSSR count). The summed E-state index contributed by atoms with van der Waals surface area (Å²) in [6, 6.07) is 0. The van der Waals surface area contributed by atoms with Gasteiger partial charge in [0.15, 0.2) is 0 Å². The second kappa shape index (κ2) is 7.03. The van der Waals surface area contributed by atoms with Gasteiger partial charge in [0.2, 0.25) is 11.7 Å². The molecule has 0 atom stereocenters. The van der Waals surface area contributed by atoms with Crippen molar-refractivity contribution >= 4 is 5.97 Å². The Balaban J connectivity index is 2.52. The van der Waals surface area contributed by atoms with Gasteiger partial charge >= 0.3 is 5.97 Å². The molecule has 0 bridgehead atoms. The number of methoxy groups -OCH3 is 1. The number of aromatic nitrogens is 1. The van der Waals surface area contributed by atoms with Gasteiger partial charge in [0, 0.05) is 7.11 Å². The molecule has 6 heteroatoms. The van der Waals surface area contributed by atoms with E-state index in [2.05, 4.69) is 4.98 Å². The van der Waals surface area contributed by atoms with Crippen LogP contribution in [0.1, 0.15) is 29.1 Å². The highest BCUT2D eigenvalue weighted by Gasteiger charge is 2.18. The Hall–Kier alpha value is -1.40. The summed E-state index contributed by atoms with van der Waals surface area (Å²) in [5.41, 5.74) is 0.508. The van der Waals surface area contributed by atoms with Crippen molar-refractivity contribution in [1.29, 1.82) is 0 Å². The molecule has 0 aliphatic heterocycles. The molecule has 1 aromatic rings. The van der Waals surface area contributed by atoms with E-state index < -0.39 is 5.97 Å². The van der Waals surface area contributed by atoms with Crippen LogP contribution in [0.4, 0.5) is 0 Å². The van der Waals surface area contributed by atoms with Crippen LogP contribution in [0.2, 0.25) is 0 Å². The Kier molecular flexibility index (Phi) is 5.65. The van der Waals surface area contributed by atoms with E-state index in [0.29, 0.717) is 31.4 Å². The van der Waals surface area contributed by atoms with E-state index in [-0.39, 0.29) is 12.4 Å². The number of carbonyl (C=O) groups is 1. The van der Waals surface area contributed by atoms with Gasteiger partial charge in [0.25, 0.3) is 0 Å². The topological polar surface area (TPSA) is 70.8 Å². The van der Waals surface area contributed by atoms with Crippen molar-refractivity contribution in [2.24, 2.45) is 0 Å². The largest absolute Gasteiger partial charge is 0.460 e. The Labute approximate surface area is 99.9 Å². The lowest BCUT2D eigenvalue weighted by Gasteiger charge is -1.99. The molecule has 17 heavy (non-hydrogen) atoms. The average Bonchev–Trinajstić information content (AvgIpc) is 2.66. The lowest BCUT2D eigenvalue weighted by molar-refractivity contribution is 0.0437. The van der Waals surface area contributed by atoms with E-state index >= 15 is 0 Å². The summed E-state index contributed by atoms with van der Waals surface area (Å²) in [5.74, 6) is -0.000473. The van der Waals surface area contributed by atoms with Gasteiger partial charge in [-0.25, -0.2) is 9.78 Å². The van der Waals surface area contributed by atoms with Crippen molar-refractivity contribution in [2.45, 2.75) is 20.5 Å². The van der Waals surface area contributed by atoms with Gasteiger partial charge in [-0.05, 0) is 13.8 Å². The smallest absolute Gasteiger partial charge is 0.376 e. The second-order valence-corrected chi connectivity index (χ2v) is 3.29. The number of ether oxygens (including phenoxy) is 3. The first-order valence-electron chi connectivity index (χ1n) is 5.39. The summed E-state index contributed by atoms with van der Waals surface area (Å²) < 4.78 is 20.2. The van der Waals surface area contributed by atoms with Crippen LogP contribution in [0.25, 0.3) is 0 Å². The molecule has 96 valence electrons. The number of hydrogen-bond donors (Lipinski definition) is 0. The molecule has 0 fully saturated rings. The quantitative estimate of drug-likeness (QED) is 0.531.